The van der Waals surface area contributed by atoms with E-state index >= 15 is 0 Å². The molecule has 7 heteroatoms. The largest absolute Gasteiger partial charge is 0.392 e. The number of benzene rings is 1. The molecule has 0 aliphatic rings. The van der Waals surface area contributed by atoms with Crippen LogP contribution in [0.25, 0.3) is 0 Å². The Kier molecular flexibility index (Phi) is 5.06. The summed E-state index contributed by atoms with van der Waals surface area (Å²) in [6, 6.07) is 6.43. The van der Waals surface area contributed by atoms with Gasteiger partial charge < -0.3 is 10.8 Å². The minimum absolute atomic E-state index is 0.0445. The Morgan fingerprint density at radius 2 is 2.00 bits per heavy atom. The number of nitrogens with one attached hydrogen (secondary N) is 1. The molecule has 0 saturated heterocycles. The summed E-state index contributed by atoms with van der Waals surface area (Å²) < 4.78 is 26.4. The number of aliphatic hydroxyl groups is 1. The van der Waals surface area contributed by atoms with Crippen molar-refractivity contribution in [1.82, 2.24) is 0 Å². The summed E-state index contributed by atoms with van der Waals surface area (Å²) in [6.07, 6.45) is 0.319. The molecule has 0 radical (unpaired) electrons. The van der Waals surface area contributed by atoms with Gasteiger partial charge in [0.25, 0.3) is 0 Å². The molecule has 0 fully saturated rings. The first-order chi connectivity index (χ1) is 8.40. The normalized spacial score (nSPS) is 13.0. The van der Waals surface area contributed by atoms with Gasteiger partial charge in [-0.05, 0) is 24.1 Å². The first-order valence-electron chi connectivity index (χ1n) is 5.41. The van der Waals surface area contributed by atoms with Crippen LogP contribution in [0.15, 0.2) is 24.3 Å². The zero-order chi connectivity index (χ0) is 13.8. The number of sulfonamides is 1. The van der Waals surface area contributed by atoms with Crippen LogP contribution in [-0.4, -0.2) is 23.8 Å². The van der Waals surface area contributed by atoms with E-state index in [9.17, 15) is 8.42 Å². The van der Waals surface area contributed by atoms with E-state index in [0.29, 0.717) is 17.7 Å². The highest BCUT2D eigenvalue weighted by molar-refractivity contribution is 7.95. The quantitative estimate of drug-likeness (QED) is 0.679. The van der Waals surface area contributed by atoms with E-state index in [1.807, 2.05) is 0 Å². The summed E-state index contributed by atoms with van der Waals surface area (Å²) in [5.41, 5.74) is 6.54. The molecule has 18 heavy (non-hydrogen) atoms. The third-order valence-corrected chi connectivity index (χ3v) is 4.75. The smallest absolute Gasteiger partial charge is 0.242 e. The van der Waals surface area contributed by atoms with Crippen molar-refractivity contribution in [2.45, 2.75) is 25.2 Å². The van der Waals surface area contributed by atoms with Gasteiger partial charge >= 0.3 is 0 Å². The summed E-state index contributed by atoms with van der Waals surface area (Å²) in [7, 11) is -3.62. The summed E-state index contributed by atoms with van der Waals surface area (Å²) in [5.74, 6) is 0. The van der Waals surface area contributed by atoms with Crippen molar-refractivity contribution in [3.8, 4) is 0 Å². The Bertz CT molecular complexity index is 512. The fourth-order valence-corrected chi connectivity index (χ4v) is 3.39. The minimum atomic E-state index is -3.62. The molecule has 0 aliphatic carbocycles. The summed E-state index contributed by atoms with van der Waals surface area (Å²) in [5, 5.41) is 8.00. The molecule has 1 aromatic carbocycles. The van der Waals surface area contributed by atoms with Gasteiger partial charge in [-0.2, -0.15) is 0 Å². The van der Waals surface area contributed by atoms with E-state index in [2.05, 4.69) is 4.72 Å². The van der Waals surface area contributed by atoms with Gasteiger partial charge in [-0.15, -0.1) is 0 Å². The Hall–Kier alpha value is -1.18. The molecule has 0 amide bonds. The lowest BCUT2D eigenvalue weighted by Gasteiger charge is -2.16. The number of aliphatic hydroxyl groups excluding tert-OH is 1. The maximum atomic E-state index is 12.0. The highest BCUT2D eigenvalue weighted by Crippen LogP contribution is 2.15. The van der Waals surface area contributed by atoms with E-state index in [1.165, 1.54) is 0 Å². The van der Waals surface area contributed by atoms with Gasteiger partial charge in [-0.25, -0.2) is 8.42 Å². The molecule has 0 aromatic heterocycles. The third-order valence-electron chi connectivity index (χ3n) is 2.46. The van der Waals surface area contributed by atoms with Crippen LogP contribution in [-0.2, 0) is 16.6 Å². The molecule has 5 nitrogen and oxygen atoms in total. The number of rotatable bonds is 6. The lowest BCUT2D eigenvalue weighted by atomic mass is 10.2. The standard InChI is InChI=1S/C11H16N2O3S2/c1-2-10(11(12)17)18(15,16)13-9-5-3-8(7-14)4-6-9/h3-6,10,13-14H,2,7H2,1H3,(H2,12,17). The van der Waals surface area contributed by atoms with Crippen molar-refractivity contribution >= 4 is 32.9 Å². The fourth-order valence-electron chi connectivity index (χ4n) is 1.49. The highest BCUT2D eigenvalue weighted by Gasteiger charge is 2.26. The zero-order valence-corrected chi connectivity index (χ0v) is 11.6. The molecular formula is C11H16N2O3S2. The van der Waals surface area contributed by atoms with Crippen LogP contribution < -0.4 is 10.5 Å². The van der Waals surface area contributed by atoms with E-state index in [0.717, 1.165) is 0 Å². The molecule has 1 rings (SSSR count). The van der Waals surface area contributed by atoms with E-state index in [1.54, 1.807) is 31.2 Å². The monoisotopic (exact) mass is 288 g/mol. The lowest BCUT2D eigenvalue weighted by Crippen LogP contribution is -2.37. The lowest BCUT2D eigenvalue weighted by molar-refractivity contribution is 0.282. The van der Waals surface area contributed by atoms with Crippen molar-refractivity contribution in [3.63, 3.8) is 0 Å². The molecule has 0 saturated carbocycles. The van der Waals surface area contributed by atoms with Crippen molar-refractivity contribution in [2.24, 2.45) is 5.73 Å². The predicted molar refractivity (Wildman–Crippen MR) is 75.8 cm³/mol. The number of nitrogens with two attached hydrogens (primary N) is 1. The number of thiocarbonyl (C=S) groups is 1. The first-order valence-corrected chi connectivity index (χ1v) is 7.37. The van der Waals surface area contributed by atoms with Crippen LogP contribution in [0.5, 0.6) is 0 Å². The second kappa shape index (κ2) is 6.12. The summed E-state index contributed by atoms with van der Waals surface area (Å²) in [6.45, 7) is 1.62. The average molecular weight is 288 g/mol. The first kappa shape index (κ1) is 14.9. The topological polar surface area (TPSA) is 92.4 Å². The van der Waals surface area contributed by atoms with Gasteiger partial charge in [0.05, 0.1) is 11.6 Å². The molecule has 0 spiro atoms. The van der Waals surface area contributed by atoms with Gasteiger partial charge in [-0.1, -0.05) is 31.3 Å². The number of anilines is 1. The molecule has 0 aliphatic heterocycles. The van der Waals surface area contributed by atoms with Crippen molar-refractivity contribution in [3.05, 3.63) is 29.8 Å². The van der Waals surface area contributed by atoms with E-state index < -0.39 is 15.3 Å². The molecule has 0 heterocycles. The molecule has 100 valence electrons. The SMILES string of the molecule is CCC(C(N)=S)S(=O)(=O)Nc1ccc(CO)cc1. The fraction of sp³-hybridized carbons (Fsp3) is 0.364. The Labute approximate surface area is 112 Å². The molecule has 4 N–H and O–H groups in total. The molecule has 1 unspecified atom stereocenters. The van der Waals surface area contributed by atoms with Crippen molar-refractivity contribution < 1.29 is 13.5 Å². The number of hydrogen-bond acceptors (Lipinski definition) is 4. The molecule has 1 aromatic rings. The van der Waals surface area contributed by atoms with Gasteiger partial charge in [0.2, 0.25) is 10.0 Å². The second-order valence-corrected chi connectivity index (χ2v) is 6.14. The van der Waals surface area contributed by atoms with Gasteiger partial charge in [0, 0.05) is 5.69 Å². The van der Waals surface area contributed by atoms with Crippen LogP contribution in [0.3, 0.4) is 0 Å². The van der Waals surface area contributed by atoms with Crippen LogP contribution in [0.4, 0.5) is 5.69 Å². The molecule has 1 atom stereocenters. The summed E-state index contributed by atoms with van der Waals surface area (Å²) in [4.78, 5) is -0.0445. The van der Waals surface area contributed by atoms with Crippen LogP contribution >= 0.6 is 12.2 Å². The van der Waals surface area contributed by atoms with E-state index in [4.69, 9.17) is 23.1 Å². The average Bonchev–Trinajstić information content (AvgIpc) is 2.29. The second-order valence-electron chi connectivity index (χ2n) is 3.80. The van der Waals surface area contributed by atoms with Gasteiger partial charge in [0.1, 0.15) is 5.25 Å². The van der Waals surface area contributed by atoms with Crippen LogP contribution in [0, 0.1) is 0 Å². The molecular weight excluding hydrogens is 272 g/mol. The number of hydrogen-bond donors (Lipinski definition) is 3. The summed E-state index contributed by atoms with van der Waals surface area (Å²) >= 11 is 4.75. The van der Waals surface area contributed by atoms with Gasteiger partial charge in [-0.3, -0.25) is 4.72 Å². The third kappa shape index (κ3) is 3.66. The zero-order valence-electron chi connectivity index (χ0n) is 9.96. The Morgan fingerprint density at radius 3 is 2.39 bits per heavy atom. The Balaban J connectivity index is 2.90. The van der Waals surface area contributed by atoms with E-state index in [-0.39, 0.29) is 11.6 Å². The molecule has 0 bridgehead atoms. The minimum Gasteiger partial charge on any atom is -0.392 e. The maximum Gasteiger partial charge on any atom is 0.242 e. The van der Waals surface area contributed by atoms with Crippen LogP contribution in [0.2, 0.25) is 0 Å². The van der Waals surface area contributed by atoms with Crippen LogP contribution in [0.1, 0.15) is 18.9 Å². The highest BCUT2D eigenvalue weighted by atomic mass is 32.2. The maximum absolute atomic E-state index is 12.0. The van der Waals surface area contributed by atoms with Crippen molar-refractivity contribution in [1.29, 1.82) is 0 Å². The predicted octanol–water partition coefficient (Wildman–Crippen LogP) is 0.985. The van der Waals surface area contributed by atoms with Gasteiger partial charge in [0.15, 0.2) is 0 Å². The Morgan fingerprint density at radius 1 is 1.44 bits per heavy atom. The van der Waals surface area contributed by atoms with Crippen molar-refractivity contribution in [2.75, 3.05) is 4.72 Å².